The van der Waals surface area contributed by atoms with Crippen molar-refractivity contribution in [3.05, 3.63) is 71.4 Å². The maximum absolute atomic E-state index is 12.5. The summed E-state index contributed by atoms with van der Waals surface area (Å²) in [5, 5.41) is 11.0. The lowest BCUT2D eigenvalue weighted by atomic mass is 9.97. The molecule has 1 aliphatic rings. The molecule has 4 nitrogen and oxygen atoms in total. The van der Waals surface area contributed by atoms with E-state index in [-0.39, 0.29) is 23.0 Å². The number of fused-ring (bicyclic) bond motifs is 2. The summed E-state index contributed by atoms with van der Waals surface area (Å²) in [5.74, 6) is -1.79. The Balaban J connectivity index is 1.92. The van der Waals surface area contributed by atoms with Gasteiger partial charge in [-0.05, 0) is 12.1 Å². The fourth-order valence-corrected chi connectivity index (χ4v) is 2.92. The summed E-state index contributed by atoms with van der Waals surface area (Å²) in [6, 6.07) is 15.5. The zero-order valence-corrected chi connectivity index (χ0v) is 11.5. The minimum Gasteiger partial charge on any atom is -0.506 e. The molecule has 0 unspecified atom stereocenters. The summed E-state index contributed by atoms with van der Waals surface area (Å²) in [4.78, 5) is 29.4. The molecule has 1 aromatic heterocycles. The number of pyridine rings is 1. The summed E-state index contributed by atoms with van der Waals surface area (Å²) in [6.07, 6.45) is 0. The third-order valence-electron chi connectivity index (χ3n) is 3.99. The lowest BCUT2D eigenvalue weighted by molar-refractivity contribution is 0.0886. The van der Waals surface area contributed by atoms with Gasteiger partial charge in [-0.15, -0.1) is 0 Å². The fourth-order valence-electron chi connectivity index (χ4n) is 2.92. The van der Waals surface area contributed by atoms with E-state index in [2.05, 4.69) is 4.98 Å². The van der Waals surface area contributed by atoms with Crippen molar-refractivity contribution in [2.75, 3.05) is 0 Å². The van der Waals surface area contributed by atoms with Crippen LogP contribution in [0.5, 0.6) is 5.75 Å². The van der Waals surface area contributed by atoms with E-state index in [0.717, 1.165) is 5.39 Å². The maximum atomic E-state index is 12.5. The van der Waals surface area contributed by atoms with Gasteiger partial charge in [0, 0.05) is 16.5 Å². The molecule has 0 atom stereocenters. The molecule has 4 heteroatoms. The smallest absolute Gasteiger partial charge is 0.180 e. The van der Waals surface area contributed by atoms with Crippen LogP contribution in [-0.4, -0.2) is 21.7 Å². The van der Waals surface area contributed by atoms with Crippen molar-refractivity contribution in [1.29, 1.82) is 0 Å². The zero-order chi connectivity index (χ0) is 15.3. The summed E-state index contributed by atoms with van der Waals surface area (Å²) in [6.45, 7) is 0. The molecule has 0 radical (unpaired) electrons. The molecule has 0 bridgehead atoms. The lowest BCUT2D eigenvalue weighted by Crippen LogP contribution is -2.14. The number of Topliss-reactive ketones (excluding diaryl/α,β-unsaturated/α-hetero) is 2. The van der Waals surface area contributed by atoms with Crippen molar-refractivity contribution in [1.82, 2.24) is 4.98 Å². The van der Waals surface area contributed by atoms with Gasteiger partial charge in [0.25, 0.3) is 0 Å². The van der Waals surface area contributed by atoms with Crippen molar-refractivity contribution in [2.45, 2.75) is 5.92 Å². The highest BCUT2D eigenvalue weighted by Gasteiger charge is 2.41. The first-order valence-electron chi connectivity index (χ1n) is 6.93. The lowest BCUT2D eigenvalue weighted by Gasteiger charge is -2.10. The average Bonchev–Trinajstić information content (AvgIpc) is 2.79. The van der Waals surface area contributed by atoms with Gasteiger partial charge in [-0.1, -0.05) is 42.5 Å². The third kappa shape index (κ3) is 1.67. The number of aromatic nitrogens is 1. The predicted octanol–water partition coefficient (Wildman–Crippen LogP) is 3.10. The number of carbonyl (C=O) groups excluding carboxylic acids is 2. The molecule has 0 spiro atoms. The monoisotopic (exact) mass is 289 g/mol. The standard InChI is InChI=1S/C18H11NO3/c20-14-9-10-5-1-4-8-13(10)19-16(14)15-17(21)11-6-2-3-7-12(11)18(15)22/h1-9,15,20H. The van der Waals surface area contributed by atoms with Crippen molar-refractivity contribution in [3.63, 3.8) is 0 Å². The Morgan fingerprint density at radius 3 is 2.14 bits per heavy atom. The number of hydrogen-bond acceptors (Lipinski definition) is 4. The Hall–Kier alpha value is -3.01. The van der Waals surface area contributed by atoms with Crippen molar-refractivity contribution >= 4 is 22.5 Å². The number of hydrogen-bond donors (Lipinski definition) is 1. The molecule has 106 valence electrons. The predicted molar refractivity (Wildman–Crippen MR) is 81.3 cm³/mol. The Labute approximate surface area is 126 Å². The van der Waals surface area contributed by atoms with Crippen LogP contribution < -0.4 is 0 Å². The molecule has 1 N–H and O–H groups in total. The number of benzene rings is 2. The molecule has 0 aliphatic heterocycles. The first kappa shape index (κ1) is 12.7. The van der Waals surface area contributed by atoms with Crippen LogP contribution in [0.25, 0.3) is 10.9 Å². The average molecular weight is 289 g/mol. The molecule has 0 fully saturated rings. The highest BCUT2D eigenvalue weighted by atomic mass is 16.3. The van der Waals surface area contributed by atoms with E-state index in [9.17, 15) is 14.7 Å². The van der Waals surface area contributed by atoms with Gasteiger partial charge >= 0.3 is 0 Å². The van der Waals surface area contributed by atoms with Crippen LogP contribution in [-0.2, 0) is 0 Å². The van der Waals surface area contributed by atoms with Gasteiger partial charge in [0.15, 0.2) is 11.6 Å². The van der Waals surface area contributed by atoms with Gasteiger partial charge in [-0.2, -0.15) is 0 Å². The number of carbonyl (C=O) groups is 2. The van der Waals surface area contributed by atoms with Gasteiger partial charge in [0.05, 0.1) is 5.52 Å². The Morgan fingerprint density at radius 1 is 0.864 bits per heavy atom. The molecule has 0 saturated carbocycles. The van der Waals surface area contributed by atoms with E-state index >= 15 is 0 Å². The fraction of sp³-hybridized carbons (Fsp3) is 0.0556. The van der Waals surface area contributed by atoms with Crippen LogP contribution in [0.1, 0.15) is 32.3 Å². The molecular formula is C18H11NO3. The minimum atomic E-state index is -1.05. The second kappa shape index (κ2) is 4.49. The number of ketones is 2. The minimum absolute atomic E-state index is 0.127. The number of para-hydroxylation sites is 1. The highest BCUT2D eigenvalue weighted by molar-refractivity contribution is 6.29. The SMILES string of the molecule is O=C1c2ccccc2C(=O)C1c1nc2ccccc2cc1O. The molecule has 1 aliphatic carbocycles. The number of aromatic hydroxyl groups is 1. The van der Waals surface area contributed by atoms with E-state index < -0.39 is 5.92 Å². The molecule has 2 aromatic carbocycles. The van der Waals surface area contributed by atoms with E-state index in [1.54, 1.807) is 36.4 Å². The first-order chi connectivity index (χ1) is 10.7. The van der Waals surface area contributed by atoms with Gasteiger partial charge in [0.2, 0.25) is 0 Å². The van der Waals surface area contributed by atoms with Crippen LogP contribution in [0.4, 0.5) is 0 Å². The zero-order valence-electron chi connectivity index (χ0n) is 11.5. The second-order valence-corrected chi connectivity index (χ2v) is 5.29. The first-order valence-corrected chi connectivity index (χ1v) is 6.93. The van der Waals surface area contributed by atoms with Crippen LogP contribution in [0.3, 0.4) is 0 Å². The van der Waals surface area contributed by atoms with Crippen molar-refractivity contribution < 1.29 is 14.7 Å². The number of nitrogens with zero attached hydrogens (tertiary/aromatic N) is 1. The molecule has 3 aromatic rings. The van der Waals surface area contributed by atoms with Crippen molar-refractivity contribution in [3.8, 4) is 5.75 Å². The molecular weight excluding hydrogens is 278 g/mol. The summed E-state index contributed by atoms with van der Waals surface area (Å²) in [5.41, 5.74) is 1.57. The molecule has 0 saturated heterocycles. The van der Waals surface area contributed by atoms with E-state index in [1.165, 1.54) is 0 Å². The van der Waals surface area contributed by atoms with Crippen LogP contribution in [0, 0.1) is 0 Å². The van der Waals surface area contributed by atoms with Crippen molar-refractivity contribution in [2.24, 2.45) is 0 Å². The second-order valence-electron chi connectivity index (χ2n) is 5.29. The van der Waals surface area contributed by atoms with Gasteiger partial charge < -0.3 is 5.11 Å². The summed E-state index contributed by atoms with van der Waals surface area (Å²) >= 11 is 0. The number of rotatable bonds is 1. The normalized spacial score (nSPS) is 14.5. The Morgan fingerprint density at radius 2 is 1.45 bits per heavy atom. The quantitative estimate of drug-likeness (QED) is 0.699. The van der Waals surface area contributed by atoms with E-state index in [4.69, 9.17) is 0 Å². The van der Waals surface area contributed by atoms with Crippen LogP contribution in [0.15, 0.2) is 54.6 Å². The molecule has 1 heterocycles. The Bertz CT molecular complexity index is 911. The summed E-state index contributed by atoms with van der Waals surface area (Å²) in [7, 11) is 0. The molecule has 0 amide bonds. The van der Waals surface area contributed by atoms with E-state index in [0.29, 0.717) is 16.6 Å². The Kier molecular flexibility index (Phi) is 2.60. The van der Waals surface area contributed by atoms with Gasteiger partial charge in [0.1, 0.15) is 17.4 Å². The largest absolute Gasteiger partial charge is 0.506 e. The topological polar surface area (TPSA) is 67.3 Å². The maximum Gasteiger partial charge on any atom is 0.180 e. The highest BCUT2D eigenvalue weighted by Crippen LogP contribution is 2.37. The van der Waals surface area contributed by atoms with E-state index in [1.807, 2.05) is 18.2 Å². The van der Waals surface area contributed by atoms with Crippen LogP contribution in [0.2, 0.25) is 0 Å². The van der Waals surface area contributed by atoms with Crippen LogP contribution >= 0.6 is 0 Å². The molecule has 22 heavy (non-hydrogen) atoms. The van der Waals surface area contributed by atoms with Gasteiger partial charge in [-0.25, -0.2) is 4.98 Å². The molecule has 4 rings (SSSR count). The third-order valence-corrected chi connectivity index (χ3v) is 3.99. The van der Waals surface area contributed by atoms with Gasteiger partial charge in [-0.3, -0.25) is 9.59 Å². The summed E-state index contributed by atoms with van der Waals surface area (Å²) < 4.78 is 0.